The number of rotatable bonds is 7. The lowest BCUT2D eigenvalue weighted by molar-refractivity contribution is -0.148. The van der Waals surface area contributed by atoms with Crippen molar-refractivity contribution >= 4 is 73.7 Å². The zero-order chi connectivity index (χ0) is 27.8. The summed E-state index contributed by atoms with van der Waals surface area (Å²) in [4.78, 5) is 40.0. The van der Waals surface area contributed by atoms with Crippen LogP contribution in [0.4, 0.5) is 16.0 Å². The molecule has 3 fully saturated rings. The Hall–Kier alpha value is -2.44. The monoisotopic (exact) mass is 620 g/mol. The third kappa shape index (κ3) is 5.67. The van der Waals surface area contributed by atoms with Crippen molar-refractivity contribution < 1.29 is 14.3 Å². The molecule has 40 heavy (non-hydrogen) atoms. The van der Waals surface area contributed by atoms with Gasteiger partial charge in [0.15, 0.2) is 5.13 Å². The van der Waals surface area contributed by atoms with E-state index in [1.54, 1.807) is 17.4 Å². The Morgan fingerprint density at radius 1 is 1.18 bits per heavy atom. The van der Waals surface area contributed by atoms with Crippen molar-refractivity contribution in [1.82, 2.24) is 15.3 Å². The van der Waals surface area contributed by atoms with Gasteiger partial charge in [-0.25, -0.2) is 9.97 Å². The molecule has 0 spiro atoms. The number of hydrogen-bond donors (Lipinski definition) is 2. The molecule has 0 aromatic carbocycles. The standard InChI is InChI=1S/C27H30Cl2N6O3S2/c1-2-38-26(37)15-4-7-34(8-5-15)23-19(29)9-17(11-31-23)24(36)33-27-32-22(21-10-18(28)14-39-21)25(40-27)35-12-16-3-6-30-20(16)13-35/h9-11,14-16,20,30H,2-8,12-13H2,1H3,(H,32,33,36). The third-order valence-corrected chi connectivity index (χ3v) is 10.4. The summed E-state index contributed by atoms with van der Waals surface area (Å²) in [7, 11) is 0. The van der Waals surface area contributed by atoms with E-state index in [2.05, 4.69) is 20.5 Å². The van der Waals surface area contributed by atoms with E-state index in [4.69, 9.17) is 32.9 Å². The van der Waals surface area contributed by atoms with Crippen LogP contribution in [0.1, 0.15) is 36.5 Å². The maximum Gasteiger partial charge on any atom is 0.309 e. The summed E-state index contributed by atoms with van der Waals surface area (Å²) in [6, 6.07) is 4.05. The average molecular weight is 622 g/mol. The van der Waals surface area contributed by atoms with Crippen molar-refractivity contribution in [3.8, 4) is 10.6 Å². The van der Waals surface area contributed by atoms with Gasteiger partial charge in [0.2, 0.25) is 0 Å². The van der Waals surface area contributed by atoms with Crippen molar-refractivity contribution in [1.29, 1.82) is 0 Å². The molecule has 2 N–H and O–H groups in total. The first-order valence-corrected chi connectivity index (χ1v) is 16.0. The van der Waals surface area contributed by atoms with E-state index in [1.165, 1.54) is 24.0 Å². The molecular formula is C27H30Cl2N6O3S2. The highest BCUT2D eigenvalue weighted by molar-refractivity contribution is 7.21. The van der Waals surface area contributed by atoms with Crippen LogP contribution in [0.2, 0.25) is 10.0 Å². The van der Waals surface area contributed by atoms with E-state index in [9.17, 15) is 9.59 Å². The minimum atomic E-state index is -0.321. The zero-order valence-electron chi connectivity index (χ0n) is 22.0. The second-order valence-corrected chi connectivity index (χ2v) is 13.0. The van der Waals surface area contributed by atoms with Crippen LogP contribution in [0.15, 0.2) is 23.7 Å². The minimum absolute atomic E-state index is 0.102. The van der Waals surface area contributed by atoms with Crippen LogP contribution in [0, 0.1) is 11.8 Å². The smallest absolute Gasteiger partial charge is 0.309 e. The highest BCUT2D eigenvalue weighted by atomic mass is 35.5. The molecule has 212 valence electrons. The van der Waals surface area contributed by atoms with Crippen molar-refractivity contribution in [3.63, 3.8) is 0 Å². The molecule has 3 aromatic rings. The second kappa shape index (κ2) is 11.8. The van der Waals surface area contributed by atoms with Crippen LogP contribution in [0.25, 0.3) is 10.6 Å². The van der Waals surface area contributed by atoms with E-state index < -0.39 is 0 Å². The number of hydrogen-bond acceptors (Lipinski definition) is 10. The number of halogens is 2. The van der Waals surface area contributed by atoms with Gasteiger partial charge >= 0.3 is 5.97 Å². The van der Waals surface area contributed by atoms with Crippen LogP contribution in [-0.2, 0) is 9.53 Å². The number of carbonyl (C=O) groups is 2. The Morgan fingerprint density at radius 2 is 2.00 bits per heavy atom. The number of nitrogens with zero attached hydrogens (tertiary/aromatic N) is 4. The summed E-state index contributed by atoms with van der Waals surface area (Å²) < 4.78 is 5.16. The maximum atomic E-state index is 13.2. The average Bonchev–Trinajstić information content (AvgIpc) is 3.73. The molecular weight excluding hydrogens is 591 g/mol. The SMILES string of the molecule is CCOC(=O)C1CCN(c2ncc(C(=O)Nc3nc(-c4cc(Cl)cs4)c(N4CC5CCNC5C4)s3)cc2Cl)CC1. The summed E-state index contributed by atoms with van der Waals surface area (Å²) in [5.74, 6) is 0.672. The van der Waals surface area contributed by atoms with Gasteiger partial charge in [-0.05, 0) is 50.8 Å². The van der Waals surface area contributed by atoms with E-state index in [0.717, 1.165) is 35.2 Å². The molecule has 0 radical (unpaired) electrons. The molecule has 6 heterocycles. The van der Waals surface area contributed by atoms with Crippen molar-refractivity contribution in [2.75, 3.05) is 54.4 Å². The number of carbonyl (C=O) groups excluding carboxylic acids is 2. The Morgan fingerprint density at radius 3 is 2.70 bits per heavy atom. The Bertz CT molecular complexity index is 1390. The summed E-state index contributed by atoms with van der Waals surface area (Å²) in [6.45, 7) is 6.46. The molecule has 0 saturated carbocycles. The first-order valence-electron chi connectivity index (χ1n) is 13.5. The Kier molecular flexibility index (Phi) is 8.18. The fourth-order valence-electron chi connectivity index (χ4n) is 5.74. The number of thiophene rings is 1. The first kappa shape index (κ1) is 27.7. The van der Waals surface area contributed by atoms with Crippen LogP contribution in [-0.4, -0.2) is 67.2 Å². The molecule has 2 atom stereocenters. The summed E-state index contributed by atoms with van der Waals surface area (Å²) in [5, 5.41) is 11.1. The number of esters is 1. The summed E-state index contributed by atoms with van der Waals surface area (Å²) in [5.41, 5.74) is 1.20. The largest absolute Gasteiger partial charge is 0.466 e. The van der Waals surface area contributed by atoms with Gasteiger partial charge in [-0.2, -0.15) is 0 Å². The molecule has 3 aliphatic heterocycles. The molecule has 0 bridgehead atoms. The lowest BCUT2D eigenvalue weighted by Crippen LogP contribution is -2.37. The number of thiazole rings is 1. The number of ether oxygens (including phenoxy) is 1. The predicted molar refractivity (Wildman–Crippen MR) is 161 cm³/mol. The highest BCUT2D eigenvalue weighted by Crippen LogP contribution is 2.44. The normalized spacial score (nSPS) is 21.1. The first-order chi connectivity index (χ1) is 19.4. The van der Waals surface area contributed by atoms with Gasteiger partial charge in [-0.3, -0.25) is 14.9 Å². The van der Waals surface area contributed by atoms with Gasteiger partial charge in [0.05, 0.1) is 33.0 Å². The summed E-state index contributed by atoms with van der Waals surface area (Å²) in [6.07, 6.45) is 4.07. The number of amides is 1. The molecule has 9 nitrogen and oxygen atoms in total. The second-order valence-electron chi connectivity index (χ2n) is 10.3. The lowest BCUT2D eigenvalue weighted by Gasteiger charge is -2.32. The van der Waals surface area contributed by atoms with E-state index >= 15 is 0 Å². The molecule has 3 saturated heterocycles. The van der Waals surface area contributed by atoms with Crippen LogP contribution in [0.3, 0.4) is 0 Å². The molecule has 1 amide bonds. The number of anilines is 3. The summed E-state index contributed by atoms with van der Waals surface area (Å²) >= 11 is 15.9. The Labute approximate surface area is 250 Å². The third-order valence-electron chi connectivity index (χ3n) is 7.78. The topological polar surface area (TPSA) is 99.7 Å². The van der Waals surface area contributed by atoms with Crippen LogP contribution >= 0.6 is 45.9 Å². The number of nitrogens with one attached hydrogen (secondary N) is 2. The van der Waals surface area contributed by atoms with Gasteiger partial charge < -0.3 is 19.9 Å². The van der Waals surface area contributed by atoms with Crippen molar-refractivity contribution in [2.24, 2.45) is 11.8 Å². The maximum absolute atomic E-state index is 13.2. The van der Waals surface area contributed by atoms with E-state index in [1.807, 2.05) is 23.3 Å². The lowest BCUT2D eigenvalue weighted by atomic mass is 9.97. The number of fused-ring (bicyclic) bond motifs is 1. The van der Waals surface area contributed by atoms with Gasteiger partial charge in [-0.15, -0.1) is 11.3 Å². The number of aromatic nitrogens is 2. The van der Waals surface area contributed by atoms with Crippen molar-refractivity contribution in [3.05, 3.63) is 39.3 Å². The Balaban J connectivity index is 1.16. The molecule has 6 rings (SSSR count). The van der Waals surface area contributed by atoms with Gasteiger partial charge in [-0.1, -0.05) is 34.5 Å². The molecule has 3 aliphatic rings. The fraction of sp³-hybridized carbons (Fsp3) is 0.481. The molecule has 13 heteroatoms. The predicted octanol–water partition coefficient (Wildman–Crippen LogP) is 5.40. The fourth-order valence-corrected chi connectivity index (χ4v) is 8.15. The minimum Gasteiger partial charge on any atom is -0.466 e. The van der Waals surface area contributed by atoms with Gasteiger partial charge in [0.25, 0.3) is 5.91 Å². The zero-order valence-corrected chi connectivity index (χ0v) is 25.1. The van der Waals surface area contributed by atoms with Crippen LogP contribution in [0.5, 0.6) is 0 Å². The number of piperidine rings is 1. The van der Waals surface area contributed by atoms with Gasteiger partial charge in [0, 0.05) is 43.8 Å². The van der Waals surface area contributed by atoms with E-state index in [0.29, 0.717) is 71.1 Å². The van der Waals surface area contributed by atoms with Gasteiger partial charge in [0.1, 0.15) is 16.5 Å². The molecule has 0 aliphatic carbocycles. The van der Waals surface area contributed by atoms with E-state index in [-0.39, 0.29) is 17.8 Å². The molecule has 2 unspecified atom stereocenters. The molecule has 3 aromatic heterocycles. The van der Waals surface area contributed by atoms with Crippen molar-refractivity contribution in [2.45, 2.75) is 32.2 Å². The quantitative estimate of drug-likeness (QED) is 0.339. The van der Waals surface area contributed by atoms with Crippen LogP contribution < -0.4 is 20.4 Å². The number of pyridine rings is 1. The highest BCUT2D eigenvalue weighted by Gasteiger charge is 2.38.